The number of carbonyl (C=O) groups is 2. The lowest BCUT2D eigenvalue weighted by molar-refractivity contribution is -0.884. The molecule has 0 aliphatic rings. The zero-order valence-corrected chi connectivity index (χ0v) is 12.6. The lowest BCUT2D eigenvalue weighted by atomic mass is 10.0. The van der Waals surface area contributed by atoms with Gasteiger partial charge in [0, 0.05) is 16.7 Å². The summed E-state index contributed by atoms with van der Waals surface area (Å²) in [7, 11) is 6.04. The lowest BCUT2D eigenvalue weighted by Gasteiger charge is -2.24. The van der Waals surface area contributed by atoms with Crippen LogP contribution >= 0.6 is 12.4 Å². The number of nitrogens with one attached hydrogen (secondary N) is 2. The minimum atomic E-state index is -0.450. The molecule has 0 spiro atoms. The van der Waals surface area contributed by atoms with Crippen molar-refractivity contribution in [3.8, 4) is 0 Å². The molecule has 0 fully saturated rings. The molecule has 6 N–H and O–H groups in total. The summed E-state index contributed by atoms with van der Waals surface area (Å²) in [5, 5.41) is 0. The molecule has 7 nitrogen and oxygen atoms in total. The second-order valence-corrected chi connectivity index (χ2v) is 5.31. The Labute approximate surface area is 124 Å². The first-order valence-electron chi connectivity index (χ1n) is 5.73. The largest absolute Gasteiger partial charge is 0.327 e. The van der Waals surface area contributed by atoms with Crippen LogP contribution in [-0.4, -0.2) is 37.4 Å². The van der Waals surface area contributed by atoms with Crippen LogP contribution in [-0.2, 0) is 6.54 Å². The van der Waals surface area contributed by atoms with Crippen molar-refractivity contribution in [2.75, 3.05) is 21.1 Å². The van der Waals surface area contributed by atoms with E-state index in [1.165, 1.54) is 6.07 Å². The maximum atomic E-state index is 11.6. The van der Waals surface area contributed by atoms with Gasteiger partial charge in [-0.3, -0.25) is 20.4 Å². The molecule has 0 radical (unpaired) electrons. The Morgan fingerprint density at radius 2 is 1.40 bits per heavy atom. The first-order chi connectivity index (χ1) is 8.76. The first-order valence-corrected chi connectivity index (χ1v) is 5.73. The van der Waals surface area contributed by atoms with Gasteiger partial charge in [0.2, 0.25) is 0 Å². The molecule has 0 aliphatic carbocycles. The summed E-state index contributed by atoms with van der Waals surface area (Å²) in [4.78, 5) is 23.2. The van der Waals surface area contributed by atoms with Crippen molar-refractivity contribution in [2.45, 2.75) is 6.54 Å². The van der Waals surface area contributed by atoms with Gasteiger partial charge in [-0.2, -0.15) is 0 Å². The number of rotatable bonds is 4. The van der Waals surface area contributed by atoms with E-state index in [0.29, 0.717) is 22.2 Å². The fraction of sp³-hybridized carbons (Fsp3) is 0.333. The number of quaternary nitrogens is 1. The van der Waals surface area contributed by atoms with E-state index in [0.717, 1.165) is 5.56 Å². The predicted molar refractivity (Wildman–Crippen MR) is 78.7 cm³/mol. The van der Waals surface area contributed by atoms with E-state index in [1.54, 1.807) is 12.1 Å². The molecule has 0 atom stereocenters. The smallest absolute Gasteiger partial charge is 0.265 e. The van der Waals surface area contributed by atoms with Gasteiger partial charge in [0.25, 0.3) is 11.8 Å². The molecule has 0 unspecified atom stereocenters. The number of hydrogen-bond donors (Lipinski definition) is 4. The molecule has 8 heteroatoms. The molecular weight excluding hydrogens is 282 g/mol. The summed E-state index contributed by atoms with van der Waals surface area (Å²) in [6, 6.07) is 4.86. The van der Waals surface area contributed by atoms with Crippen LogP contribution < -0.4 is 22.5 Å². The summed E-state index contributed by atoms with van der Waals surface area (Å²) in [6.45, 7) is 0.663. The van der Waals surface area contributed by atoms with E-state index in [4.69, 9.17) is 11.7 Å². The molecule has 0 bridgehead atoms. The maximum Gasteiger partial charge on any atom is 0.265 e. The van der Waals surface area contributed by atoms with Gasteiger partial charge in [-0.25, -0.2) is 11.7 Å². The zero-order chi connectivity index (χ0) is 14.6. The molecule has 1 aromatic carbocycles. The number of benzene rings is 1. The van der Waals surface area contributed by atoms with Crippen molar-refractivity contribution in [3.63, 3.8) is 0 Å². The van der Waals surface area contributed by atoms with E-state index in [-0.39, 0.29) is 12.4 Å². The SMILES string of the molecule is C[N+](C)(C)Cc1cc(C(=O)NN)cc(C(=O)NN)c1.Cl. The molecule has 1 aromatic rings. The highest BCUT2D eigenvalue weighted by Crippen LogP contribution is 2.14. The Balaban J connectivity index is 0.00000361. The van der Waals surface area contributed by atoms with Gasteiger partial charge in [0.1, 0.15) is 6.54 Å². The first kappa shape index (κ1) is 18.3. The number of nitrogen functional groups attached to an aromatic ring is 2. The Morgan fingerprint density at radius 3 is 1.70 bits per heavy atom. The van der Waals surface area contributed by atoms with Gasteiger partial charge in [-0.05, 0) is 18.2 Å². The van der Waals surface area contributed by atoms with Crippen LogP contribution in [0.2, 0.25) is 0 Å². The molecule has 0 saturated heterocycles. The van der Waals surface area contributed by atoms with Crippen LogP contribution in [0.3, 0.4) is 0 Å². The number of hydrogen-bond acceptors (Lipinski definition) is 4. The van der Waals surface area contributed by atoms with Crippen LogP contribution in [0, 0.1) is 0 Å². The number of carbonyl (C=O) groups excluding carboxylic acids is 2. The normalized spacial score (nSPS) is 10.4. The molecule has 0 aromatic heterocycles. The monoisotopic (exact) mass is 302 g/mol. The molecule has 0 heterocycles. The summed E-state index contributed by atoms with van der Waals surface area (Å²) in [6.07, 6.45) is 0. The van der Waals surface area contributed by atoms with Crippen LogP contribution in [0.15, 0.2) is 18.2 Å². The van der Waals surface area contributed by atoms with Crippen molar-refractivity contribution >= 4 is 24.2 Å². The Bertz CT molecular complexity index is 465. The fourth-order valence-corrected chi connectivity index (χ4v) is 1.76. The third kappa shape index (κ3) is 5.14. The summed E-state index contributed by atoms with van der Waals surface area (Å²) in [5.41, 5.74) is 5.60. The van der Waals surface area contributed by atoms with Gasteiger partial charge in [-0.1, -0.05) is 0 Å². The molecule has 0 saturated carbocycles. The third-order valence-electron chi connectivity index (χ3n) is 2.44. The Hall–Kier alpha value is -1.67. The van der Waals surface area contributed by atoms with Crippen molar-refractivity contribution in [3.05, 3.63) is 34.9 Å². The van der Waals surface area contributed by atoms with E-state index < -0.39 is 11.8 Å². The summed E-state index contributed by atoms with van der Waals surface area (Å²) in [5.74, 6) is 9.32. The van der Waals surface area contributed by atoms with Gasteiger partial charge in [0.15, 0.2) is 0 Å². The van der Waals surface area contributed by atoms with Gasteiger partial charge in [-0.15, -0.1) is 12.4 Å². The average Bonchev–Trinajstić information content (AvgIpc) is 2.34. The molecular formula is C12H21ClN5O2+. The molecule has 0 aliphatic heterocycles. The topological polar surface area (TPSA) is 110 Å². The summed E-state index contributed by atoms with van der Waals surface area (Å²) >= 11 is 0. The van der Waals surface area contributed by atoms with Crippen molar-refractivity contribution in [1.82, 2.24) is 10.9 Å². The Morgan fingerprint density at radius 1 is 1.00 bits per heavy atom. The maximum absolute atomic E-state index is 11.6. The highest BCUT2D eigenvalue weighted by Gasteiger charge is 2.15. The van der Waals surface area contributed by atoms with Crippen LogP contribution in [0.25, 0.3) is 0 Å². The minimum Gasteiger partial charge on any atom is -0.327 e. The molecule has 2 amide bonds. The van der Waals surface area contributed by atoms with Crippen LogP contribution in [0.4, 0.5) is 0 Å². The number of hydrazine groups is 2. The predicted octanol–water partition coefficient (Wildman–Crippen LogP) is -0.478. The number of halogens is 1. The van der Waals surface area contributed by atoms with Gasteiger partial charge < -0.3 is 4.48 Å². The second-order valence-electron chi connectivity index (χ2n) is 5.31. The number of nitrogens with zero attached hydrogens (tertiary/aromatic N) is 1. The Kier molecular flexibility index (Phi) is 6.60. The fourth-order valence-electron chi connectivity index (χ4n) is 1.76. The summed E-state index contributed by atoms with van der Waals surface area (Å²) < 4.78 is 0.664. The highest BCUT2D eigenvalue weighted by atomic mass is 35.5. The van der Waals surface area contributed by atoms with Gasteiger partial charge in [0.05, 0.1) is 21.1 Å². The van der Waals surface area contributed by atoms with E-state index in [9.17, 15) is 9.59 Å². The van der Waals surface area contributed by atoms with Crippen molar-refractivity contribution in [2.24, 2.45) is 11.7 Å². The standard InChI is InChI=1S/C12H19N5O2.ClH/c1-17(2,3)7-8-4-9(11(18)15-13)6-10(5-8)12(19)16-14;/h4-6H,7,13-14H2,1-3H3,(H-,15,16,18,19);1H/p+1. The van der Waals surface area contributed by atoms with Crippen LogP contribution in [0.5, 0.6) is 0 Å². The third-order valence-corrected chi connectivity index (χ3v) is 2.44. The average molecular weight is 303 g/mol. The quantitative estimate of drug-likeness (QED) is 0.261. The van der Waals surface area contributed by atoms with E-state index in [2.05, 4.69) is 0 Å². The second kappa shape index (κ2) is 7.20. The lowest BCUT2D eigenvalue weighted by Crippen LogP contribution is -2.35. The van der Waals surface area contributed by atoms with Crippen molar-refractivity contribution < 1.29 is 14.1 Å². The minimum absolute atomic E-state index is 0. The van der Waals surface area contributed by atoms with Gasteiger partial charge >= 0.3 is 0 Å². The molecule has 112 valence electrons. The molecule has 1 rings (SSSR count). The van der Waals surface area contributed by atoms with E-state index >= 15 is 0 Å². The van der Waals surface area contributed by atoms with E-state index in [1.807, 2.05) is 32.0 Å². The zero-order valence-electron chi connectivity index (χ0n) is 11.8. The number of nitrogens with two attached hydrogens (primary N) is 2. The highest BCUT2D eigenvalue weighted by molar-refractivity contribution is 5.99. The molecule has 20 heavy (non-hydrogen) atoms. The van der Waals surface area contributed by atoms with Crippen LogP contribution in [0.1, 0.15) is 26.3 Å². The van der Waals surface area contributed by atoms with Crippen molar-refractivity contribution in [1.29, 1.82) is 0 Å². The number of amides is 2.